The second-order valence-corrected chi connectivity index (χ2v) is 4.61. The van der Waals surface area contributed by atoms with E-state index in [9.17, 15) is 4.79 Å². The van der Waals surface area contributed by atoms with Crippen LogP contribution in [0.1, 0.15) is 12.8 Å². The van der Waals surface area contributed by atoms with Gasteiger partial charge in [0.2, 0.25) is 0 Å². The molecule has 1 N–H and O–H groups in total. The molecule has 0 radical (unpaired) electrons. The predicted octanol–water partition coefficient (Wildman–Crippen LogP) is -0.411. The first kappa shape index (κ1) is 12.7. The summed E-state index contributed by atoms with van der Waals surface area (Å²) in [5.74, 6) is -0.0979. The summed E-state index contributed by atoms with van der Waals surface area (Å²) in [7, 11) is 0. The lowest BCUT2D eigenvalue weighted by Crippen LogP contribution is -2.38. The summed E-state index contributed by atoms with van der Waals surface area (Å²) >= 11 is 0. The molecule has 9 nitrogen and oxygen atoms in total. The molecule has 20 heavy (non-hydrogen) atoms. The molecule has 3 heterocycles. The summed E-state index contributed by atoms with van der Waals surface area (Å²) in [5, 5.41) is 20.0. The first-order chi connectivity index (χ1) is 9.74. The van der Waals surface area contributed by atoms with Crippen LogP contribution in [0.25, 0.3) is 5.65 Å². The number of tetrazole rings is 1. The molecule has 0 saturated carbocycles. The fourth-order valence-corrected chi connectivity index (χ4v) is 2.32. The predicted molar refractivity (Wildman–Crippen MR) is 67.4 cm³/mol. The SMILES string of the molecule is O=C(O)COC1CCN(c2cncc3nnnn23)CC1. The van der Waals surface area contributed by atoms with Gasteiger partial charge in [0, 0.05) is 13.1 Å². The zero-order chi connectivity index (χ0) is 13.9. The number of fused-ring (bicyclic) bond motifs is 1. The van der Waals surface area contributed by atoms with Gasteiger partial charge in [0.25, 0.3) is 0 Å². The van der Waals surface area contributed by atoms with Crippen LogP contribution in [0, 0.1) is 0 Å². The Morgan fingerprint density at radius 1 is 1.40 bits per heavy atom. The average molecular weight is 278 g/mol. The van der Waals surface area contributed by atoms with Gasteiger partial charge in [-0.05, 0) is 23.3 Å². The third-order valence-electron chi connectivity index (χ3n) is 3.30. The topological polar surface area (TPSA) is 106 Å². The standard InChI is InChI=1S/C11H14N6O3/c18-11(19)7-20-8-1-3-16(4-2-8)10-6-12-5-9-13-14-15-17(9)10/h5-6,8H,1-4,7H2,(H,18,19). The smallest absolute Gasteiger partial charge is 0.329 e. The van der Waals surface area contributed by atoms with Crippen LogP contribution < -0.4 is 4.90 Å². The molecule has 0 amide bonds. The Balaban J connectivity index is 1.66. The highest BCUT2D eigenvalue weighted by atomic mass is 16.5. The van der Waals surface area contributed by atoms with Crippen molar-refractivity contribution in [2.24, 2.45) is 0 Å². The Kier molecular flexibility index (Phi) is 3.42. The molecule has 2 aromatic rings. The summed E-state index contributed by atoms with van der Waals surface area (Å²) in [6.45, 7) is 1.27. The molecular weight excluding hydrogens is 264 g/mol. The lowest BCUT2D eigenvalue weighted by Gasteiger charge is -2.32. The van der Waals surface area contributed by atoms with Crippen molar-refractivity contribution in [3.8, 4) is 0 Å². The van der Waals surface area contributed by atoms with Gasteiger partial charge in [-0.15, -0.1) is 5.10 Å². The van der Waals surface area contributed by atoms with Gasteiger partial charge in [-0.2, -0.15) is 4.52 Å². The van der Waals surface area contributed by atoms with Gasteiger partial charge in [0.15, 0.2) is 11.5 Å². The van der Waals surface area contributed by atoms with Crippen molar-refractivity contribution in [2.75, 3.05) is 24.6 Å². The second kappa shape index (κ2) is 5.37. The van der Waals surface area contributed by atoms with E-state index in [1.165, 1.54) is 0 Å². The molecule has 0 spiro atoms. The quantitative estimate of drug-likeness (QED) is 0.804. The van der Waals surface area contributed by atoms with Gasteiger partial charge < -0.3 is 14.7 Å². The molecule has 0 aliphatic carbocycles. The van der Waals surface area contributed by atoms with Crippen LogP contribution in [-0.2, 0) is 9.53 Å². The molecule has 0 unspecified atom stereocenters. The highest BCUT2D eigenvalue weighted by Crippen LogP contribution is 2.20. The third-order valence-corrected chi connectivity index (χ3v) is 3.30. The van der Waals surface area contributed by atoms with E-state index >= 15 is 0 Å². The number of anilines is 1. The number of hydrogen-bond acceptors (Lipinski definition) is 7. The van der Waals surface area contributed by atoms with Gasteiger partial charge in [0.05, 0.1) is 18.5 Å². The lowest BCUT2D eigenvalue weighted by atomic mass is 10.1. The Hall–Kier alpha value is -2.29. The lowest BCUT2D eigenvalue weighted by molar-refractivity contribution is -0.144. The van der Waals surface area contributed by atoms with E-state index in [4.69, 9.17) is 9.84 Å². The summed E-state index contributed by atoms with van der Waals surface area (Å²) in [6.07, 6.45) is 4.86. The van der Waals surface area contributed by atoms with Crippen LogP contribution in [0.2, 0.25) is 0 Å². The summed E-state index contributed by atoms with van der Waals surface area (Å²) < 4.78 is 6.96. The average Bonchev–Trinajstić information content (AvgIpc) is 2.94. The Bertz CT molecular complexity index is 607. The molecule has 3 rings (SSSR count). The van der Waals surface area contributed by atoms with Crippen molar-refractivity contribution in [1.82, 2.24) is 25.0 Å². The maximum atomic E-state index is 10.5. The summed E-state index contributed by atoms with van der Waals surface area (Å²) in [5.41, 5.74) is 0.603. The Labute approximate surface area is 114 Å². The zero-order valence-electron chi connectivity index (χ0n) is 10.7. The third kappa shape index (κ3) is 2.52. The van der Waals surface area contributed by atoms with Crippen molar-refractivity contribution < 1.29 is 14.6 Å². The highest BCUT2D eigenvalue weighted by molar-refractivity contribution is 5.68. The molecule has 1 fully saturated rings. The van der Waals surface area contributed by atoms with Crippen LogP contribution in [-0.4, -0.2) is 61.9 Å². The fourth-order valence-electron chi connectivity index (χ4n) is 2.32. The molecule has 1 aliphatic rings. The number of carboxylic acids is 1. The van der Waals surface area contributed by atoms with Crippen LogP contribution in [0.15, 0.2) is 12.4 Å². The highest BCUT2D eigenvalue weighted by Gasteiger charge is 2.22. The van der Waals surface area contributed by atoms with Crippen LogP contribution in [0.5, 0.6) is 0 Å². The number of hydrogen-bond donors (Lipinski definition) is 1. The van der Waals surface area contributed by atoms with Crippen molar-refractivity contribution in [3.63, 3.8) is 0 Å². The number of nitrogens with zero attached hydrogens (tertiary/aromatic N) is 6. The van der Waals surface area contributed by atoms with Crippen LogP contribution in [0.3, 0.4) is 0 Å². The van der Waals surface area contributed by atoms with E-state index in [1.807, 2.05) is 0 Å². The zero-order valence-corrected chi connectivity index (χ0v) is 10.7. The van der Waals surface area contributed by atoms with Gasteiger partial charge >= 0.3 is 5.97 Å². The van der Waals surface area contributed by atoms with E-state index in [-0.39, 0.29) is 12.7 Å². The number of aromatic nitrogens is 5. The van der Waals surface area contributed by atoms with E-state index in [0.29, 0.717) is 5.65 Å². The van der Waals surface area contributed by atoms with E-state index < -0.39 is 5.97 Å². The number of carboxylic acid groups (broad SMARTS) is 1. The fraction of sp³-hybridized carbons (Fsp3) is 0.545. The molecule has 0 atom stereocenters. The summed E-state index contributed by atoms with van der Waals surface area (Å²) in [6, 6.07) is 0. The minimum absolute atomic E-state index is 0.0108. The van der Waals surface area contributed by atoms with Gasteiger partial charge in [-0.1, -0.05) is 0 Å². The Morgan fingerprint density at radius 2 is 2.20 bits per heavy atom. The molecule has 2 aromatic heterocycles. The molecule has 1 aliphatic heterocycles. The normalized spacial score (nSPS) is 16.7. The molecule has 1 saturated heterocycles. The molecule has 0 bridgehead atoms. The minimum Gasteiger partial charge on any atom is -0.480 e. The number of ether oxygens (including phenoxy) is 1. The van der Waals surface area contributed by atoms with Gasteiger partial charge in [0.1, 0.15) is 6.61 Å². The molecular formula is C11H14N6O3. The van der Waals surface area contributed by atoms with Gasteiger partial charge in [-0.25, -0.2) is 4.79 Å². The number of piperidine rings is 1. The molecule has 106 valence electrons. The van der Waals surface area contributed by atoms with Gasteiger partial charge in [-0.3, -0.25) is 4.98 Å². The van der Waals surface area contributed by atoms with Crippen molar-refractivity contribution in [3.05, 3.63) is 12.4 Å². The maximum Gasteiger partial charge on any atom is 0.329 e. The maximum absolute atomic E-state index is 10.5. The molecule has 9 heteroatoms. The first-order valence-electron chi connectivity index (χ1n) is 6.34. The van der Waals surface area contributed by atoms with Crippen molar-refractivity contribution in [2.45, 2.75) is 18.9 Å². The van der Waals surface area contributed by atoms with Crippen LogP contribution >= 0.6 is 0 Å². The van der Waals surface area contributed by atoms with Crippen molar-refractivity contribution in [1.29, 1.82) is 0 Å². The number of carbonyl (C=O) groups is 1. The largest absolute Gasteiger partial charge is 0.480 e. The molecule has 0 aromatic carbocycles. The second-order valence-electron chi connectivity index (χ2n) is 4.61. The number of aliphatic carboxylic acids is 1. The van der Waals surface area contributed by atoms with E-state index in [2.05, 4.69) is 25.4 Å². The number of rotatable bonds is 4. The van der Waals surface area contributed by atoms with Crippen LogP contribution in [0.4, 0.5) is 5.82 Å². The van der Waals surface area contributed by atoms with E-state index in [1.54, 1.807) is 16.9 Å². The van der Waals surface area contributed by atoms with Crippen molar-refractivity contribution >= 4 is 17.4 Å². The monoisotopic (exact) mass is 278 g/mol. The summed E-state index contributed by atoms with van der Waals surface area (Å²) in [4.78, 5) is 16.7. The Morgan fingerprint density at radius 3 is 2.95 bits per heavy atom. The van der Waals surface area contributed by atoms with E-state index in [0.717, 1.165) is 31.7 Å². The first-order valence-corrected chi connectivity index (χ1v) is 6.34. The minimum atomic E-state index is -0.935.